The summed E-state index contributed by atoms with van der Waals surface area (Å²) in [6, 6.07) is 0. The first-order valence-electron chi connectivity index (χ1n) is 5.45. The van der Waals surface area contributed by atoms with Gasteiger partial charge in [-0.15, -0.1) is 0 Å². The zero-order chi connectivity index (χ0) is 11.6. The molecule has 6 heteroatoms. The number of hydrogen-bond donors (Lipinski definition) is 1. The van der Waals surface area contributed by atoms with Crippen molar-refractivity contribution >= 4 is 5.97 Å². The number of carbonyl (C=O) groups is 1. The highest BCUT2D eigenvalue weighted by molar-refractivity contribution is 5.81. The third kappa shape index (κ3) is 2.06. The first-order chi connectivity index (χ1) is 7.66. The molecule has 6 nitrogen and oxygen atoms in total. The molecule has 0 saturated heterocycles. The highest BCUT2D eigenvalue weighted by atomic mass is 16.5. The van der Waals surface area contributed by atoms with Gasteiger partial charge in [0.05, 0.1) is 13.2 Å². The summed E-state index contributed by atoms with van der Waals surface area (Å²) in [4.78, 5) is 15.7. The van der Waals surface area contributed by atoms with E-state index in [1.165, 1.54) is 6.33 Å². The van der Waals surface area contributed by atoms with Crippen LogP contribution < -0.4 is 5.73 Å². The second-order valence-electron chi connectivity index (χ2n) is 4.13. The van der Waals surface area contributed by atoms with Gasteiger partial charge in [-0.2, -0.15) is 5.10 Å². The average Bonchev–Trinajstić information content (AvgIpc) is 3.00. The number of nitrogens with two attached hydrogens (primary N) is 1. The lowest BCUT2D eigenvalue weighted by Gasteiger charge is -2.26. The molecule has 1 aromatic heterocycles. The van der Waals surface area contributed by atoms with Crippen molar-refractivity contribution in [3.05, 3.63) is 12.7 Å². The maximum atomic E-state index is 11.9. The van der Waals surface area contributed by atoms with Crippen LogP contribution in [0.25, 0.3) is 0 Å². The SMILES string of the molecule is CCOC(=O)C(N)(Cn1cncn1)C1CC1. The van der Waals surface area contributed by atoms with E-state index in [4.69, 9.17) is 10.5 Å². The van der Waals surface area contributed by atoms with E-state index in [9.17, 15) is 4.79 Å². The molecule has 1 aliphatic carbocycles. The van der Waals surface area contributed by atoms with Gasteiger partial charge < -0.3 is 10.5 Å². The molecular formula is C10H16N4O2. The fraction of sp³-hybridized carbons (Fsp3) is 0.700. The molecule has 0 spiro atoms. The third-order valence-corrected chi connectivity index (χ3v) is 2.85. The van der Waals surface area contributed by atoms with E-state index in [2.05, 4.69) is 10.1 Å². The van der Waals surface area contributed by atoms with Crippen molar-refractivity contribution < 1.29 is 9.53 Å². The monoisotopic (exact) mass is 224 g/mol. The van der Waals surface area contributed by atoms with E-state index in [1.54, 1.807) is 17.9 Å². The van der Waals surface area contributed by atoms with Crippen LogP contribution >= 0.6 is 0 Å². The van der Waals surface area contributed by atoms with Crippen molar-refractivity contribution in [1.29, 1.82) is 0 Å². The molecule has 0 radical (unpaired) electrons. The molecule has 16 heavy (non-hydrogen) atoms. The van der Waals surface area contributed by atoms with E-state index >= 15 is 0 Å². The predicted octanol–water partition coefficient (Wildman–Crippen LogP) is -0.0513. The van der Waals surface area contributed by atoms with Gasteiger partial charge in [-0.25, -0.2) is 9.78 Å². The van der Waals surface area contributed by atoms with Crippen molar-refractivity contribution in [2.75, 3.05) is 6.61 Å². The Hall–Kier alpha value is -1.43. The molecule has 0 bridgehead atoms. The Balaban J connectivity index is 2.12. The molecule has 1 atom stereocenters. The van der Waals surface area contributed by atoms with Crippen LogP contribution in [-0.2, 0) is 16.1 Å². The maximum Gasteiger partial charge on any atom is 0.328 e. The number of esters is 1. The zero-order valence-corrected chi connectivity index (χ0v) is 9.30. The summed E-state index contributed by atoms with van der Waals surface area (Å²) >= 11 is 0. The lowest BCUT2D eigenvalue weighted by Crippen LogP contribution is -2.54. The molecule has 1 heterocycles. The fourth-order valence-corrected chi connectivity index (χ4v) is 1.81. The summed E-state index contributed by atoms with van der Waals surface area (Å²) in [6.45, 7) is 2.46. The lowest BCUT2D eigenvalue weighted by atomic mass is 9.94. The van der Waals surface area contributed by atoms with Crippen molar-refractivity contribution in [3.8, 4) is 0 Å². The van der Waals surface area contributed by atoms with Crippen LogP contribution in [0.3, 0.4) is 0 Å². The van der Waals surface area contributed by atoms with Crippen LogP contribution in [0.15, 0.2) is 12.7 Å². The van der Waals surface area contributed by atoms with E-state index in [0.717, 1.165) is 12.8 Å². The number of hydrogen-bond acceptors (Lipinski definition) is 5. The van der Waals surface area contributed by atoms with Crippen molar-refractivity contribution in [3.63, 3.8) is 0 Å². The minimum atomic E-state index is -0.955. The van der Waals surface area contributed by atoms with Gasteiger partial charge in [-0.05, 0) is 25.7 Å². The first kappa shape index (κ1) is 11.1. The standard InChI is InChI=1S/C10H16N4O2/c1-2-16-9(15)10(11,8-3-4-8)5-14-7-12-6-13-14/h6-8H,2-5,11H2,1H3. The first-order valence-corrected chi connectivity index (χ1v) is 5.45. The molecule has 1 aromatic rings. The molecule has 0 amide bonds. The number of nitrogens with zero attached hydrogens (tertiary/aromatic N) is 3. The molecule has 0 aliphatic heterocycles. The molecule has 1 fully saturated rings. The topological polar surface area (TPSA) is 83.0 Å². The summed E-state index contributed by atoms with van der Waals surface area (Å²) in [5, 5.41) is 3.97. The number of ether oxygens (including phenoxy) is 1. The van der Waals surface area contributed by atoms with E-state index in [-0.39, 0.29) is 11.9 Å². The summed E-state index contributed by atoms with van der Waals surface area (Å²) in [6.07, 6.45) is 4.94. The summed E-state index contributed by atoms with van der Waals surface area (Å²) in [5.41, 5.74) is 5.21. The van der Waals surface area contributed by atoms with E-state index < -0.39 is 5.54 Å². The Morgan fingerprint density at radius 1 is 1.69 bits per heavy atom. The van der Waals surface area contributed by atoms with E-state index in [1.807, 2.05) is 0 Å². The van der Waals surface area contributed by atoms with Gasteiger partial charge in [0.2, 0.25) is 0 Å². The van der Waals surface area contributed by atoms with Gasteiger partial charge >= 0.3 is 5.97 Å². The van der Waals surface area contributed by atoms with Crippen molar-refractivity contribution in [2.24, 2.45) is 11.7 Å². The predicted molar refractivity (Wildman–Crippen MR) is 56.3 cm³/mol. The second-order valence-corrected chi connectivity index (χ2v) is 4.13. The van der Waals surface area contributed by atoms with Gasteiger partial charge in [0, 0.05) is 0 Å². The van der Waals surface area contributed by atoms with Crippen LogP contribution in [-0.4, -0.2) is 32.9 Å². The van der Waals surface area contributed by atoms with Crippen molar-refractivity contribution in [2.45, 2.75) is 31.8 Å². The van der Waals surface area contributed by atoms with Crippen molar-refractivity contribution in [1.82, 2.24) is 14.8 Å². The molecule has 1 unspecified atom stereocenters. The second kappa shape index (κ2) is 4.21. The average molecular weight is 224 g/mol. The Morgan fingerprint density at radius 2 is 2.44 bits per heavy atom. The largest absolute Gasteiger partial charge is 0.465 e. The Bertz CT molecular complexity index is 361. The minimum Gasteiger partial charge on any atom is -0.465 e. The number of aromatic nitrogens is 3. The smallest absolute Gasteiger partial charge is 0.328 e. The van der Waals surface area contributed by atoms with Crippen LogP contribution in [0.2, 0.25) is 0 Å². The molecule has 1 aliphatic rings. The summed E-state index contributed by atoms with van der Waals surface area (Å²) < 4.78 is 6.61. The Morgan fingerprint density at radius 3 is 2.94 bits per heavy atom. The van der Waals surface area contributed by atoms with Gasteiger partial charge in [0.1, 0.15) is 18.2 Å². The Kier molecular flexibility index (Phi) is 2.91. The normalized spacial score (nSPS) is 19.1. The zero-order valence-electron chi connectivity index (χ0n) is 9.30. The summed E-state index contributed by atoms with van der Waals surface area (Å²) in [5.74, 6) is -0.135. The van der Waals surface area contributed by atoms with Crippen LogP contribution in [0, 0.1) is 5.92 Å². The van der Waals surface area contributed by atoms with E-state index in [0.29, 0.717) is 13.2 Å². The molecule has 2 N–H and O–H groups in total. The Labute approximate surface area is 93.8 Å². The third-order valence-electron chi connectivity index (χ3n) is 2.85. The fourth-order valence-electron chi connectivity index (χ4n) is 1.81. The van der Waals surface area contributed by atoms with Crippen LogP contribution in [0.5, 0.6) is 0 Å². The number of rotatable bonds is 5. The molecule has 0 aromatic carbocycles. The summed E-state index contributed by atoms with van der Waals surface area (Å²) in [7, 11) is 0. The van der Waals surface area contributed by atoms with Gasteiger partial charge in [0.25, 0.3) is 0 Å². The molecule has 1 saturated carbocycles. The molecule has 88 valence electrons. The molecular weight excluding hydrogens is 208 g/mol. The minimum absolute atomic E-state index is 0.204. The lowest BCUT2D eigenvalue weighted by molar-refractivity contribution is -0.151. The number of carbonyl (C=O) groups excluding carboxylic acids is 1. The van der Waals surface area contributed by atoms with Gasteiger partial charge in [-0.3, -0.25) is 4.68 Å². The van der Waals surface area contributed by atoms with Gasteiger partial charge in [-0.1, -0.05) is 0 Å². The van der Waals surface area contributed by atoms with Crippen LogP contribution in [0.4, 0.5) is 0 Å². The maximum absolute atomic E-state index is 11.9. The van der Waals surface area contributed by atoms with Crippen LogP contribution in [0.1, 0.15) is 19.8 Å². The quantitative estimate of drug-likeness (QED) is 0.709. The van der Waals surface area contributed by atoms with Gasteiger partial charge in [0.15, 0.2) is 0 Å². The highest BCUT2D eigenvalue weighted by Gasteiger charge is 2.49. The highest BCUT2D eigenvalue weighted by Crippen LogP contribution is 2.39. The molecule has 2 rings (SSSR count).